The lowest BCUT2D eigenvalue weighted by molar-refractivity contribution is -0.137. The molecule has 1 aliphatic heterocycles. The summed E-state index contributed by atoms with van der Waals surface area (Å²) in [5, 5.41) is 3.24. The second-order valence-corrected chi connectivity index (χ2v) is 7.43. The average Bonchev–Trinajstić information content (AvgIpc) is 2.73. The maximum atomic E-state index is 13.3. The molecule has 30 heavy (non-hydrogen) atoms. The van der Waals surface area contributed by atoms with Crippen molar-refractivity contribution in [2.45, 2.75) is 12.3 Å². The molecule has 5 nitrogen and oxygen atoms in total. The Morgan fingerprint density at radius 1 is 1.13 bits per heavy atom. The number of nitrogens with one attached hydrogen (secondary N) is 1. The summed E-state index contributed by atoms with van der Waals surface area (Å²) in [6.45, 7) is 0. The van der Waals surface area contributed by atoms with Crippen molar-refractivity contribution < 1.29 is 22.7 Å². The smallest absolute Gasteiger partial charge is 0.416 e. The van der Waals surface area contributed by atoms with E-state index in [1.807, 2.05) is 0 Å². The van der Waals surface area contributed by atoms with Crippen LogP contribution in [0.5, 0.6) is 5.88 Å². The Hall–Kier alpha value is -3.07. The summed E-state index contributed by atoms with van der Waals surface area (Å²) < 4.78 is 45.5. The molecule has 1 atom stereocenters. The molecule has 0 fully saturated rings. The maximum absolute atomic E-state index is 13.3. The summed E-state index contributed by atoms with van der Waals surface area (Å²) in [5.74, 6) is -0.0625. The quantitative estimate of drug-likeness (QED) is 0.530. The maximum Gasteiger partial charge on any atom is 0.416 e. The van der Waals surface area contributed by atoms with Crippen LogP contribution in [-0.2, 0) is 6.18 Å². The van der Waals surface area contributed by atoms with Crippen molar-refractivity contribution >= 4 is 33.2 Å². The SMILES string of the molecule is COc1ncc(C2Nc3ccccc3C(=O)N2c2cccc(C(F)(F)F)c2)cc1Br. The molecule has 1 amide bonds. The second-order valence-electron chi connectivity index (χ2n) is 6.58. The Labute approximate surface area is 178 Å². The summed E-state index contributed by atoms with van der Waals surface area (Å²) in [4.78, 5) is 18.8. The number of halogens is 4. The minimum absolute atomic E-state index is 0.119. The number of hydrogen-bond acceptors (Lipinski definition) is 4. The van der Waals surface area contributed by atoms with E-state index in [9.17, 15) is 18.0 Å². The van der Waals surface area contributed by atoms with Crippen LogP contribution in [0.4, 0.5) is 24.5 Å². The predicted octanol–water partition coefficient (Wildman–Crippen LogP) is 5.64. The van der Waals surface area contributed by atoms with Gasteiger partial charge in [-0.2, -0.15) is 13.2 Å². The number of aromatic nitrogens is 1. The monoisotopic (exact) mass is 477 g/mol. The second kappa shape index (κ2) is 7.64. The molecular formula is C21H15BrF3N3O2. The molecule has 1 aliphatic rings. The summed E-state index contributed by atoms with van der Waals surface area (Å²) in [6, 6.07) is 13.3. The molecule has 154 valence electrons. The van der Waals surface area contributed by atoms with Crippen LogP contribution in [0.15, 0.2) is 65.3 Å². The van der Waals surface area contributed by atoms with Gasteiger partial charge in [0.25, 0.3) is 5.91 Å². The highest BCUT2D eigenvalue weighted by Crippen LogP contribution is 2.39. The molecular weight excluding hydrogens is 463 g/mol. The van der Waals surface area contributed by atoms with Crippen molar-refractivity contribution in [2.75, 3.05) is 17.3 Å². The van der Waals surface area contributed by atoms with Gasteiger partial charge < -0.3 is 10.1 Å². The molecule has 0 saturated carbocycles. The van der Waals surface area contributed by atoms with Crippen LogP contribution in [0.3, 0.4) is 0 Å². The van der Waals surface area contributed by atoms with Gasteiger partial charge in [-0.15, -0.1) is 0 Å². The number of hydrogen-bond donors (Lipinski definition) is 1. The molecule has 0 saturated heterocycles. The number of carbonyl (C=O) groups excluding carboxylic acids is 1. The zero-order chi connectivity index (χ0) is 21.5. The van der Waals surface area contributed by atoms with E-state index in [-0.39, 0.29) is 5.69 Å². The first-order valence-corrected chi connectivity index (χ1v) is 9.64. The molecule has 3 aromatic rings. The summed E-state index contributed by atoms with van der Waals surface area (Å²) in [7, 11) is 1.47. The van der Waals surface area contributed by atoms with Gasteiger partial charge in [0.2, 0.25) is 5.88 Å². The molecule has 1 unspecified atom stereocenters. The largest absolute Gasteiger partial charge is 0.480 e. The predicted molar refractivity (Wildman–Crippen MR) is 110 cm³/mol. The molecule has 2 aromatic carbocycles. The third kappa shape index (κ3) is 3.60. The molecule has 1 aromatic heterocycles. The molecule has 9 heteroatoms. The Morgan fingerprint density at radius 3 is 2.60 bits per heavy atom. The average molecular weight is 478 g/mol. The van der Waals surface area contributed by atoms with Crippen molar-refractivity contribution in [1.82, 2.24) is 4.98 Å². The Bertz CT molecular complexity index is 1120. The molecule has 0 radical (unpaired) electrons. The van der Waals surface area contributed by atoms with Crippen LogP contribution in [0, 0.1) is 0 Å². The number of nitrogens with zero attached hydrogens (tertiary/aromatic N) is 2. The van der Waals surface area contributed by atoms with Crippen LogP contribution in [0.2, 0.25) is 0 Å². The van der Waals surface area contributed by atoms with Crippen LogP contribution >= 0.6 is 15.9 Å². The molecule has 2 heterocycles. The summed E-state index contributed by atoms with van der Waals surface area (Å²) in [6.07, 6.45) is -3.78. The summed E-state index contributed by atoms with van der Waals surface area (Å²) in [5.41, 5.74) is 0.811. The van der Waals surface area contributed by atoms with Gasteiger partial charge in [0, 0.05) is 23.1 Å². The van der Waals surface area contributed by atoms with E-state index < -0.39 is 23.8 Å². The van der Waals surface area contributed by atoms with Crippen LogP contribution in [0.25, 0.3) is 0 Å². The van der Waals surface area contributed by atoms with Gasteiger partial charge in [0.1, 0.15) is 6.17 Å². The fourth-order valence-corrected chi connectivity index (χ4v) is 3.85. The highest BCUT2D eigenvalue weighted by molar-refractivity contribution is 9.10. The highest BCUT2D eigenvalue weighted by atomic mass is 79.9. The molecule has 4 rings (SSSR count). The van der Waals surface area contributed by atoms with Gasteiger partial charge in [0.15, 0.2) is 0 Å². The standard InChI is InChI=1S/C21H15BrF3N3O2/c1-30-19-16(22)9-12(11-26-19)18-27-17-8-3-2-7-15(17)20(29)28(18)14-6-4-5-13(10-14)21(23,24)25/h2-11,18,27H,1H3. The van der Waals surface area contributed by atoms with Crippen LogP contribution in [-0.4, -0.2) is 18.0 Å². The summed E-state index contributed by atoms with van der Waals surface area (Å²) >= 11 is 3.37. The highest BCUT2D eigenvalue weighted by Gasteiger charge is 2.36. The first kappa shape index (κ1) is 20.2. The van der Waals surface area contributed by atoms with E-state index in [0.717, 1.165) is 12.1 Å². The van der Waals surface area contributed by atoms with Crippen LogP contribution in [0.1, 0.15) is 27.7 Å². The number of carbonyl (C=O) groups is 1. The van der Waals surface area contributed by atoms with Gasteiger partial charge in [-0.05, 0) is 52.3 Å². The zero-order valence-electron chi connectivity index (χ0n) is 15.6. The van der Waals surface area contributed by atoms with Gasteiger partial charge in [-0.3, -0.25) is 9.69 Å². The van der Waals surface area contributed by atoms with E-state index in [4.69, 9.17) is 4.74 Å². The first-order valence-electron chi connectivity index (χ1n) is 8.85. The van der Waals surface area contributed by atoms with E-state index in [0.29, 0.717) is 27.2 Å². The van der Waals surface area contributed by atoms with E-state index in [2.05, 4.69) is 26.2 Å². The van der Waals surface area contributed by atoms with E-state index in [1.54, 1.807) is 30.3 Å². The molecule has 0 bridgehead atoms. The van der Waals surface area contributed by atoms with Crippen molar-refractivity contribution in [2.24, 2.45) is 0 Å². The number of rotatable bonds is 3. The normalized spacial score (nSPS) is 16.1. The van der Waals surface area contributed by atoms with Crippen LogP contribution < -0.4 is 15.0 Å². The number of benzene rings is 2. The Balaban J connectivity index is 1.86. The molecule has 1 N–H and O–H groups in total. The van der Waals surface area contributed by atoms with E-state index in [1.165, 1.54) is 30.3 Å². The lowest BCUT2D eigenvalue weighted by atomic mass is 10.0. The number of ether oxygens (including phenoxy) is 1. The number of alkyl halides is 3. The zero-order valence-corrected chi connectivity index (χ0v) is 17.2. The van der Waals surface area contributed by atoms with Gasteiger partial charge in [0.05, 0.1) is 22.7 Å². The number of amides is 1. The minimum Gasteiger partial charge on any atom is -0.480 e. The lowest BCUT2D eigenvalue weighted by Gasteiger charge is -2.38. The fourth-order valence-electron chi connectivity index (χ4n) is 3.33. The number of methoxy groups -OCH3 is 1. The van der Waals surface area contributed by atoms with Crippen molar-refractivity contribution in [1.29, 1.82) is 0 Å². The van der Waals surface area contributed by atoms with Crippen molar-refractivity contribution in [3.63, 3.8) is 0 Å². The van der Waals surface area contributed by atoms with Crippen molar-refractivity contribution in [3.8, 4) is 5.88 Å². The number of fused-ring (bicyclic) bond motifs is 1. The fraction of sp³-hybridized carbons (Fsp3) is 0.143. The first-order chi connectivity index (χ1) is 14.3. The van der Waals surface area contributed by atoms with Gasteiger partial charge in [-0.1, -0.05) is 18.2 Å². The topological polar surface area (TPSA) is 54.5 Å². The lowest BCUT2D eigenvalue weighted by Crippen LogP contribution is -2.43. The van der Waals surface area contributed by atoms with Gasteiger partial charge in [-0.25, -0.2) is 4.98 Å². The Kier molecular flexibility index (Phi) is 5.15. The van der Waals surface area contributed by atoms with Crippen molar-refractivity contribution in [3.05, 3.63) is 82.0 Å². The van der Waals surface area contributed by atoms with Gasteiger partial charge >= 0.3 is 6.18 Å². The number of pyridine rings is 1. The Morgan fingerprint density at radius 2 is 1.90 bits per heavy atom. The molecule has 0 spiro atoms. The molecule has 0 aliphatic carbocycles. The number of para-hydroxylation sites is 1. The third-order valence-corrected chi connectivity index (χ3v) is 5.28. The third-order valence-electron chi connectivity index (χ3n) is 4.72. The minimum atomic E-state index is -4.53. The van der Waals surface area contributed by atoms with E-state index >= 15 is 0 Å². The number of anilines is 2.